The van der Waals surface area contributed by atoms with Crippen molar-refractivity contribution in [3.63, 3.8) is 0 Å². The van der Waals surface area contributed by atoms with Crippen LogP contribution >= 0.6 is 0 Å². The van der Waals surface area contributed by atoms with Crippen molar-refractivity contribution < 1.29 is 9.26 Å². The molecule has 0 amide bonds. The summed E-state index contributed by atoms with van der Waals surface area (Å²) in [4.78, 5) is 4.41. The fourth-order valence-electron chi connectivity index (χ4n) is 2.48. The maximum Gasteiger partial charge on any atom is 0.234 e. The largest absolute Gasteiger partial charge is 0.377 e. The van der Waals surface area contributed by atoms with Crippen molar-refractivity contribution in [2.45, 2.75) is 44.6 Å². The summed E-state index contributed by atoms with van der Waals surface area (Å²) in [5.41, 5.74) is 5.83. The van der Waals surface area contributed by atoms with Gasteiger partial charge in [0.15, 0.2) is 5.82 Å². The third-order valence-electron chi connectivity index (χ3n) is 3.82. The average molecular weight is 239 g/mol. The van der Waals surface area contributed by atoms with Gasteiger partial charge < -0.3 is 15.0 Å². The molecule has 5 nitrogen and oxygen atoms in total. The lowest BCUT2D eigenvalue weighted by Crippen LogP contribution is -2.39. The van der Waals surface area contributed by atoms with E-state index in [1.165, 1.54) is 12.8 Å². The van der Waals surface area contributed by atoms with E-state index in [-0.39, 0.29) is 5.41 Å². The third kappa shape index (κ3) is 2.50. The first-order chi connectivity index (χ1) is 8.20. The number of nitrogens with zero attached hydrogens (tertiary/aromatic N) is 2. The molecule has 2 rings (SSSR count). The van der Waals surface area contributed by atoms with Gasteiger partial charge in [-0.2, -0.15) is 4.98 Å². The van der Waals surface area contributed by atoms with E-state index in [4.69, 9.17) is 15.0 Å². The highest BCUT2D eigenvalue weighted by Gasteiger charge is 2.39. The zero-order valence-electron chi connectivity index (χ0n) is 10.6. The minimum atomic E-state index is -0.106. The SMILES string of the molecule is COCc1noc(C2(CN)CCC(C)CC2)n1. The van der Waals surface area contributed by atoms with E-state index in [1.54, 1.807) is 7.11 Å². The molecule has 1 aromatic heterocycles. The van der Waals surface area contributed by atoms with Crippen molar-refractivity contribution in [1.82, 2.24) is 10.1 Å². The van der Waals surface area contributed by atoms with Crippen molar-refractivity contribution in [2.24, 2.45) is 11.7 Å². The average Bonchev–Trinajstić information content (AvgIpc) is 2.80. The molecule has 0 aromatic carbocycles. The second-order valence-corrected chi connectivity index (χ2v) is 5.12. The van der Waals surface area contributed by atoms with Gasteiger partial charge in [-0.3, -0.25) is 0 Å². The highest BCUT2D eigenvalue weighted by atomic mass is 16.5. The van der Waals surface area contributed by atoms with Crippen LogP contribution in [0.15, 0.2) is 4.52 Å². The molecule has 1 aromatic rings. The van der Waals surface area contributed by atoms with Gasteiger partial charge in [-0.1, -0.05) is 12.1 Å². The zero-order valence-corrected chi connectivity index (χ0v) is 10.6. The molecule has 2 N–H and O–H groups in total. The number of hydrogen-bond acceptors (Lipinski definition) is 5. The first kappa shape index (κ1) is 12.5. The molecular formula is C12H21N3O2. The fourth-order valence-corrected chi connectivity index (χ4v) is 2.48. The number of methoxy groups -OCH3 is 1. The van der Waals surface area contributed by atoms with E-state index in [9.17, 15) is 0 Å². The molecule has 5 heteroatoms. The minimum absolute atomic E-state index is 0.106. The first-order valence-corrected chi connectivity index (χ1v) is 6.22. The van der Waals surface area contributed by atoms with Crippen LogP contribution in [0.25, 0.3) is 0 Å². The Kier molecular flexibility index (Phi) is 3.79. The lowest BCUT2D eigenvalue weighted by Gasteiger charge is -2.35. The minimum Gasteiger partial charge on any atom is -0.377 e. The van der Waals surface area contributed by atoms with Crippen molar-refractivity contribution in [2.75, 3.05) is 13.7 Å². The first-order valence-electron chi connectivity index (χ1n) is 6.22. The highest BCUT2D eigenvalue weighted by molar-refractivity contribution is 5.08. The van der Waals surface area contributed by atoms with Crippen molar-refractivity contribution in [3.05, 3.63) is 11.7 Å². The van der Waals surface area contributed by atoms with Gasteiger partial charge >= 0.3 is 0 Å². The Labute approximate surface area is 102 Å². The van der Waals surface area contributed by atoms with Gasteiger partial charge in [-0.05, 0) is 31.6 Å². The summed E-state index contributed by atoms with van der Waals surface area (Å²) >= 11 is 0. The van der Waals surface area contributed by atoms with Gasteiger partial charge in [0.1, 0.15) is 6.61 Å². The zero-order chi connectivity index (χ0) is 12.3. The van der Waals surface area contributed by atoms with Crippen molar-refractivity contribution in [3.8, 4) is 0 Å². The van der Waals surface area contributed by atoms with Gasteiger partial charge in [-0.25, -0.2) is 0 Å². The quantitative estimate of drug-likeness (QED) is 0.864. The molecule has 0 aliphatic heterocycles. The van der Waals surface area contributed by atoms with Crippen LogP contribution in [0.5, 0.6) is 0 Å². The second kappa shape index (κ2) is 5.14. The van der Waals surface area contributed by atoms with Crippen LogP contribution in [-0.2, 0) is 16.8 Å². The van der Waals surface area contributed by atoms with Crippen molar-refractivity contribution >= 4 is 0 Å². The molecule has 0 spiro atoms. The van der Waals surface area contributed by atoms with E-state index in [0.717, 1.165) is 18.8 Å². The summed E-state index contributed by atoms with van der Waals surface area (Å²) in [6.07, 6.45) is 4.44. The normalized spacial score (nSPS) is 29.5. The smallest absolute Gasteiger partial charge is 0.234 e. The standard InChI is InChI=1S/C12H21N3O2/c1-9-3-5-12(8-13,6-4-9)11-14-10(7-16-2)15-17-11/h9H,3-8,13H2,1-2H3. The summed E-state index contributed by atoms with van der Waals surface area (Å²) in [5, 5.41) is 3.93. The van der Waals surface area contributed by atoms with E-state index in [0.29, 0.717) is 24.9 Å². The summed E-state index contributed by atoms with van der Waals surface area (Å²) in [6.45, 7) is 3.25. The number of aromatic nitrogens is 2. The number of ether oxygens (including phenoxy) is 1. The predicted molar refractivity (Wildman–Crippen MR) is 63.4 cm³/mol. The molecule has 0 radical (unpaired) electrons. The van der Waals surface area contributed by atoms with Gasteiger partial charge in [0.2, 0.25) is 5.89 Å². The van der Waals surface area contributed by atoms with Gasteiger partial charge in [-0.15, -0.1) is 0 Å². The Morgan fingerprint density at radius 3 is 2.76 bits per heavy atom. The monoisotopic (exact) mass is 239 g/mol. The Bertz CT molecular complexity index is 356. The van der Waals surface area contributed by atoms with Crippen LogP contribution in [0.1, 0.15) is 44.3 Å². The predicted octanol–water partition coefficient (Wildman–Crippen LogP) is 1.62. The van der Waals surface area contributed by atoms with Crippen LogP contribution in [0.3, 0.4) is 0 Å². The lowest BCUT2D eigenvalue weighted by molar-refractivity contribution is 0.173. The van der Waals surface area contributed by atoms with E-state index in [1.807, 2.05) is 0 Å². The summed E-state index contributed by atoms with van der Waals surface area (Å²) in [7, 11) is 1.62. The Morgan fingerprint density at radius 1 is 1.47 bits per heavy atom. The van der Waals surface area contributed by atoms with Crippen LogP contribution in [0.2, 0.25) is 0 Å². The maximum absolute atomic E-state index is 5.94. The molecule has 17 heavy (non-hydrogen) atoms. The fraction of sp³-hybridized carbons (Fsp3) is 0.833. The molecule has 1 aliphatic rings. The molecule has 1 aliphatic carbocycles. The van der Waals surface area contributed by atoms with E-state index < -0.39 is 0 Å². The van der Waals surface area contributed by atoms with E-state index in [2.05, 4.69) is 17.1 Å². The van der Waals surface area contributed by atoms with Gasteiger partial charge in [0.25, 0.3) is 0 Å². The number of nitrogens with two attached hydrogens (primary N) is 1. The Hall–Kier alpha value is -0.940. The molecule has 1 saturated carbocycles. The Balaban J connectivity index is 2.16. The molecule has 0 atom stereocenters. The molecular weight excluding hydrogens is 218 g/mol. The van der Waals surface area contributed by atoms with Gasteiger partial charge in [0, 0.05) is 13.7 Å². The lowest BCUT2D eigenvalue weighted by atomic mass is 9.71. The molecule has 0 unspecified atom stereocenters. The second-order valence-electron chi connectivity index (χ2n) is 5.12. The number of hydrogen-bond donors (Lipinski definition) is 1. The topological polar surface area (TPSA) is 74.2 Å². The van der Waals surface area contributed by atoms with Crippen LogP contribution in [0, 0.1) is 5.92 Å². The van der Waals surface area contributed by atoms with E-state index >= 15 is 0 Å². The summed E-state index contributed by atoms with van der Waals surface area (Å²) in [5.74, 6) is 2.07. The summed E-state index contributed by atoms with van der Waals surface area (Å²) < 4.78 is 10.4. The molecule has 0 saturated heterocycles. The molecule has 1 heterocycles. The van der Waals surface area contributed by atoms with Crippen LogP contribution < -0.4 is 5.73 Å². The number of rotatable bonds is 4. The Morgan fingerprint density at radius 2 is 2.18 bits per heavy atom. The molecule has 96 valence electrons. The van der Waals surface area contributed by atoms with Gasteiger partial charge in [0.05, 0.1) is 5.41 Å². The molecule has 0 bridgehead atoms. The van der Waals surface area contributed by atoms with Crippen molar-refractivity contribution in [1.29, 1.82) is 0 Å². The maximum atomic E-state index is 5.94. The van der Waals surface area contributed by atoms with Crippen LogP contribution in [0.4, 0.5) is 0 Å². The third-order valence-corrected chi connectivity index (χ3v) is 3.82. The van der Waals surface area contributed by atoms with Crippen LogP contribution in [-0.4, -0.2) is 23.8 Å². The summed E-state index contributed by atoms with van der Waals surface area (Å²) in [6, 6.07) is 0. The molecule has 1 fully saturated rings. The highest BCUT2D eigenvalue weighted by Crippen LogP contribution is 2.39.